The van der Waals surface area contributed by atoms with Gasteiger partial charge in [0.15, 0.2) is 0 Å². The molecule has 0 atom stereocenters. The van der Waals surface area contributed by atoms with Gasteiger partial charge < -0.3 is 9.84 Å². The van der Waals surface area contributed by atoms with Gasteiger partial charge in [0.05, 0.1) is 20.1 Å². The molecule has 0 saturated heterocycles. The lowest BCUT2D eigenvalue weighted by Crippen LogP contribution is -2.04. The van der Waals surface area contributed by atoms with Gasteiger partial charge in [0.2, 0.25) is 0 Å². The van der Waals surface area contributed by atoms with Gasteiger partial charge in [-0.15, -0.1) is 0 Å². The van der Waals surface area contributed by atoms with Crippen LogP contribution in [-0.2, 0) is 22.6 Å². The van der Waals surface area contributed by atoms with E-state index in [2.05, 4.69) is 4.74 Å². The monoisotopic (exact) mass is 256 g/mol. The fourth-order valence-corrected chi connectivity index (χ4v) is 2.03. The first-order chi connectivity index (χ1) is 9.24. The van der Waals surface area contributed by atoms with E-state index in [1.807, 2.05) is 48.5 Å². The lowest BCUT2D eigenvalue weighted by Gasteiger charge is -2.09. The summed E-state index contributed by atoms with van der Waals surface area (Å²) in [6.45, 7) is -0.00258. The molecule has 98 valence electrons. The van der Waals surface area contributed by atoms with Crippen LogP contribution in [0, 0.1) is 0 Å². The Morgan fingerprint density at radius 2 is 1.95 bits per heavy atom. The largest absolute Gasteiger partial charge is 0.469 e. The summed E-state index contributed by atoms with van der Waals surface area (Å²) in [6.07, 6.45) is 0.256. The number of ether oxygens (including phenoxy) is 1. The topological polar surface area (TPSA) is 46.5 Å². The minimum absolute atomic E-state index is 0.00258. The number of carbonyl (C=O) groups is 1. The number of aliphatic hydroxyl groups excluding tert-OH is 1. The fraction of sp³-hybridized carbons (Fsp3) is 0.188. The van der Waals surface area contributed by atoms with Gasteiger partial charge in [-0.05, 0) is 22.3 Å². The van der Waals surface area contributed by atoms with Crippen molar-refractivity contribution in [1.82, 2.24) is 0 Å². The Morgan fingerprint density at radius 3 is 2.68 bits per heavy atom. The zero-order valence-electron chi connectivity index (χ0n) is 10.8. The normalized spacial score (nSPS) is 10.2. The van der Waals surface area contributed by atoms with E-state index in [0.29, 0.717) is 0 Å². The maximum absolute atomic E-state index is 11.3. The first kappa shape index (κ1) is 13.3. The molecule has 1 N–H and O–H groups in total. The molecule has 0 aliphatic heterocycles. The predicted molar refractivity (Wildman–Crippen MR) is 73.5 cm³/mol. The molecule has 3 nitrogen and oxygen atoms in total. The minimum atomic E-state index is -0.257. The maximum Gasteiger partial charge on any atom is 0.309 e. The highest BCUT2D eigenvalue weighted by molar-refractivity contribution is 5.74. The van der Waals surface area contributed by atoms with Crippen LogP contribution in [0.15, 0.2) is 48.5 Å². The second kappa shape index (κ2) is 6.16. The molecule has 2 rings (SSSR count). The van der Waals surface area contributed by atoms with Crippen molar-refractivity contribution in [3.8, 4) is 11.1 Å². The highest BCUT2D eigenvalue weighted by Gasteiger charge is 2.07. The van der Waals surface area contributed by atoms with Gasteiger partial charge in [0.1, 0.15) is 0 Å². The lowest BCUT2D eigenvalue weighted by molar-refractivity contribution is -0.139. The number of carbonyl (C=O) groups excluding carboxylic acids is 1. The highest BCUT2D eigenvalue weighted by Crippen LogP contribution is 2.24. The van der Waals surface area contributed by atoms with Gasteiger partial charge in [-0.3, -0.25) is 4.79 Å². The molecule has 2 aromatic carbocycles. The van der Waals surface area contributed by atoms with Crippen LogP contribution in [0.5, 0.6) is 0 Å². The molecule has 0 fully saturated rings. The van der Waals surface area contributed by atoms with Crippen molar-refractivity contribution in [3.63, 3.8) is 0 Å². The van der Waals surface area contributed by atoms with Crippen molar-refractivity contribution in [1.29, 1.82) is 0 Å². The molecule has 0 bridgehead atoms. The average molecular weight is 256 g/mol. The van der Waals surface area contributed by atoms with Crippen molar-refractivity contribution >= 4 is 5.97 Å². The number of methoxy groups -OCH3 is 1. The minimum Gasteiger partial charge on any atom is -0.469 e. The maximum atomic E-state index is 11.3. The summed E-state index contributed by atoms with van der Waals surface area (Å²) >= 11 is 0. The Bertz CT molecular complexity index is 576. The van der Waals surface area contributed by atoms with E-state index in [0.717, 1.165) is 22.3 Å². The van der Waals surface area contributed by atoms with Crippen LogP contribution in [0.3, 0.4) is 0 Å². The molecule has 0 aliphatic carbocycles. The Labute approximate surface area is 112 Å². The summed E-state index contributed by atoms with van der Waals surface area (Å²) < 4.78 is 4.67. The van der Waals surface area contributed by atoms with Crippen LogP contribution in [-0.4, -0.2) is 18.2 Å². The molecule has 19 heavy (non-hydrogen) atoms. The summed E-state index contributed by atoms with van der Waals surface area (Å²) in [5.74, 6) is -0.257. The first-order valence-corrected chi connectivity index (χ1v) is 6.09. The predicted octanol–water partition coefficient (Wildman–Crippen LogP) is 2.56. The third-order valence-corrected chi connectivity index (χ3v) is 3.00. The van der Waals surface area contributed by atoms with Crippen LogP contribution in [0.4, 0.5) is 0 Å². The van der Waals surface area contributed by atoms with Crippen LogP contribution in [0.2, 0.25) is 0 Å². The average Bonchev–Trinajstić information content (AvgIpc) is 2.47. The summed E-state index contributed by atoms with van der Waals surface area (Å²) in [6, 6.07) is 15.4. The first-order valence-electron chi connectivity index (χ1n) is 6.09. The molecular formula is C16H16O3. The van der Waals surface area contributed by atoms with Crippen molar-refractivity contribution in [3.05, 3.63) is 59.7 Å². The number of benzene rings is 2. The van der Waals surface area contributed by atoms with Gasteiger partial charge in [0.25, 0.3) is 0 Å². The van der Waals surface area contributed by atoms with E-state index in [1.165, 1.54) is 7.11 Å². The molecule has 0 spiro atoms. The second-order valence-corrected chi connectivity index (χ2v) is 4.27. The number of hydrogen-bond acceptors (Lipinski definition) is 3. The molecule has 0 aromatic heterocycles. The Balaban J connectivity index is 2.35. The summed E-state index contributed by atoms with van der Waals surface area (Å²) in [7, 11) is 1.38. The van der Waals surface area contributed by atoms with E-state index >= 15 is 0 Å². The van der Waals surface area contributed by atoms with Gasteiger partial charge in [0, 0.05) is 0 Å². The summed E-state index contributed by atoms with van der Waals surface area (Å²) in [5.41, 5.74) is 3.75. The summed E-state index contributed by atoms with van der Waals surface area (Å²) in [4.78, 5) is 11.3. The van der Waals surface area contributed by atoms with Gasteiger partial charge in [-0.1, -0.05) is 48.5 Å². The zero-order valence-corrected chi connectivity index (χ0v) is 10.8. The molecule has 3 heteroatoms. The molecule has 0 heterocycles. The van der Waals surface area contributed by atoms with Crippen molar-refractivity contribution in [2.24, 2.45) is 0 Å². The molecule has 0 aliphatic rings. The van der Waals surface area contributed by atoms with Crippen LogP contribution in [0.25, 0.3) is 11.1 Å². The van der Waals surface area contributed by atoms with Crippen LogP contribution < -0.4 is 0 Å². The smallest absolute Gasteiger partial charge is 0.309 e. The molecular weight excluding hydrogens is 240 g/mol. The fourth-order valence-electron chi connectivity index (χ4n) is 2.03. The lowest BCUT2D eigenvalue weighted by atomic mass is 9.98. The van der Waals surface area contributed by atoms with Crippen LogP contribution in [0.1, 0.15) is 11.1 Å². The van der Waals surface area contributed by atoms with Crippen LogP contribution >= 0.6 is 0 Å². The second-order valence-electron chi connectivity index (χ2n) is 4.27. The summed E-state index contributed by atoms with van der Waals surface area (Å²) in [5, 5.41) is 9.36. The molecule has 0 radical (unpaired) electrons. The van der Waals surface area contributed by atoms with Crippen molar-refractivity contribution in [2.75, 3.05) is 7.11 Å². The van der Waals surface area contributed by atoms with E-state index < -0.39 is 0 Å². The van der Waals surface area contributed by atoms with E-state index in [4.69, 9.17) is 0 Å². The van der Waals surface area contributed by atoms with Crippen molar-refractivity contribution in [2.45, 2.75) is 13.0 Å². The third kappa shape index (κ3) is 3.20. The van der Waals surface area contributed by atoms with Gasteiger partial charge >= 0.3 is 5.97 Å². The SMILES string of the molecule is COC(=O)Cc1cccc(-c2ccccc2CO)c1. The molecule has 2 aromatic rings. The van der Waals surface area contributed by atoms with E-state index in [9.17, 15) is 9.90 Å². The highest BCUT2D eigenvalue weighted by atomic mass is 16.5. The molecule has 0 unspecified atom stereocenters. The standard InChI is InChI=1S/C16H16O3/c1-19-16(18)10-12-5-4-7-13(9-12)15-8-3-2-6-14(15)11-17/h2-9,17H,10-11H2,1H3. The van der Waals surface area contributed by atoms with E-state index in [1.54, 1.807) is 0 Å². The van der Waals surface area contributed by atoms with Gasteiger partial charge in [-0.25, -0.2) is 0 Å². The van der Waals surface area contributed by atoms with Gasteiger partial charge in [-0.2, -0.15) is 0 Å². The van der Waals surface area contributed by atoms with E-state index in [-0.39, 0.29) is 19.0 Å². The number of esters is 1. The molecule has 0 saturated carbocycles. The number of rotatable bonds is 4. The number of aliphatic hydroxyl groups is 1. The zero-order chi connectivity index (χ0) is 13.7. The number of hydrogen-bond donors (Lipinski definition) is 1. The Kier molecular flexibility index (Phi) is 4.31. The molecule has 0 amide bonds. The quantitative estimate of drug-likeness (QED) is 0.855. The third-order valence-electron chi connectivity index (χ3n) is 3.00. The Morgan fingerprint density at radius 1 is 1.16 bits per heavy atom. The Hall–Kier alpha value is -2.13. The van der Waals surface area contributed by atoms with Crippen molar-refractivity contribution < 1.29 is 14.6 Å².